The topological polar surface area (TPSA) is 60.9 Å². The Labute approximate surface area is 230 Å². The fourth-order valence-corrected chi connectivity index (χ4v) is 4.39. The molecule has 0 saturated carbocycles. The van der Waals surface area contributed by atoms with Gasteiger partial charge in [-0.25, -0.2) is 4.79 Å². The van der Waals surface area contributed by atoms with E-state index >= 15 is 0 Å². The molecule has 5 rings (SSSR count). The van der Waals surface area contributed by atoms with Crippen LogP contribution in [0.2, 0.25) is 0 Å². The van der Waals surface area contributed by atoms with Gasteiger partial charge in [-0.1, -0.05) is 84.9 Å². The van der Waals surface area contributed by atoms with E-state index in [1.54, 1.807) is 4.90 Å². The number of ether oxygens (including phenoxy) is 3. The van der Waals surface area contributed by atoms with Crippen molar-refractivity contribution in [2.45, 2.75) is 45.5 Å². The van der Waals surface area contributed by atoms with Gasteiger partial charge in [0, 0.05) is 30.6 Å². The summed E-state index contributed by atoms with van der Waals surface area (Å²) in [7, 11) is 0. The molecule has 1 amide bonds. The van der Waals surface area contributed by atoms with E-state index in [0.29, 0.717) is 44.0 Å². The molecule has 0 radical (unpaired) electrons. The van der Waals surface area contributed by atoms with Crippen molar-refractivity contribution in [1.82, 2.24) is 9.88 Å². The molecule has 3 aromatic carbocycles. The number of carbonyl (C=O) groups excluding carboxylic acids is 1. The molecule has 39 heavy (non-hydrogen) atoms. The van der Waals surface area contributed by atoms with E-state index < -0.39 is 5.60 Å². The van der Waals surface area contributed by atoms with Gasteiger partial charge in [-0.05, 0) is 49.1 Å². The molecule has 1 aliphatic heterocycles. The van der Waals surface area contributed by atoms with Gasteiger partial charge < -0.3 is 19.1 Å². The monoisotopic (exact) mass is 522 g/mol. The van der Waals surface area contributed by atoms with E-state index in [-0.39, 0.29) is 6.09 Å². The van der Waals surface area contributed by atoms with Crippen molar-refractivity contribution in [1.29, 1.82) is 0 Å². The van der Waals surface area contributed by atoms with Gasteiger partial charge in [0.15, 0.2) is 0 Å². The molecule has 1 aliphatic rings. The average Bonchev–Trinajstić information content (AvgIpc) is 2.91. The van der Waals surface area contributed by atoms with Gasteiger partial charge in [0.25, 0.3) is 0 Å². The molecule has 1 fully saturated rings. The number of carbonyl (C=O) groups is 1. The number of benzene rings is 3. The van der Waals surface area contributed by atoms with Gasteiger partial charge in [0.2, 0.25) is 11.8 Å². The van der Waals surface area contributed by atoms with Crippen molar-refractivity contribution in [3.05, 3.63) is 114 Å². The SMILES string of the molecule is CC(C)(C)OC(=O)N1CC(c2ccc(-c3ccc(OCc4ccccc4)nc3OCc3ccccc3)cc2)C1. The third-order valence-corrected chi connectivity index (χ3v) is 6.51. The molecule has 0 N–H and O–H groups in total. The highest BCUT2D eigenvalue weighted by molar-refractivity contribution is 5.71. The quantitative estimate of drug-likeness (QED) is 0.244. The molecule has 1 saturated heterocycles. The molecule has 200 valence electrons. The Kier molecular flexibility index (Phi) is 7.82. The molecule has 0 aliphatic carbocycles. The zero-order chi connectivity index (χ0) is 27.2. The number of nitrogens with zero attached hydrogens (tertiary/aromatic N) is 2. The minimum atomic E-state index is -0.486. The maximum Gasteiger partial charge on any atom is 0.410 e. The molecule has 0 spiro atoms. The molecule has 1 aromatic heterocycles. The Balaban J connectivity index is 1.30. The molecule has 6 nitrogen and oxygen atoms in total. The first-order valence-electron chi connectivity index (χ1n) is 13.3. The minimum Gasteiger partial charge on any atom is -0.473 e. The van der Waals surface area contributed by atoms with Crippen LogP contribution < -0.4 is 9.47 Å². The first-order chi connectivity index (χ1) is 18.8. The maximum atomic E-state index is 12.3. The zero-order valence-electron chi connectivity index (χ0n) is 22.7. The Morgan fingerprint density at radius 1 is 0.795 bits per heavy atom. The van der Waals surface area contributed by atoms with Gasteiger partial charge in [-0.3, -0.25) is 0 Å². The first kappa shape index (κ1) is 26.3. The normalized spacial score (nSPS) is 13.5. The molecule has 4 aromatic rings. The standard InChI is InChI=1S/C33H34N2O4/c1-33(2,3)39-32(36)35-20-28(21-35)26-14-16-27(17-15-26)29-18-19-30(37-22-24-10-6-4-7-11-24)34-31(29)38-23-25-12-8-5-9-13-25/h4-19,28H,20-23H2,1-3H3. The van der Waals surface area contributed by atoms with Gasteiger partial charge in [-0.15, -0.1) is 0 Å². The van der Waals surface area contributed by atoms with Crippen molar-refractivity contribution in [3.8, 4) is 22.9 Å². The fourth-order valence-electron chi connectivity index (χ4n) is 4.39. The second-order valence-corrected chi connectivity index (χ2v) is 10.8. The van der Waals surface area contributed by atoms with Gasteiger partial charge in [0.05, 0.1) is 0 Å². The lowest BCUT2D eigenvalue weighted by Gasteiger charge is -2.40. The Morgan fingerprint density at radius 3 is 1.97 bits per heavy atom. The predicted molar refractivity (Wildman–Crippen MR) is 152 cm³/mol. The van der Waals surface area contributed by atoms with Crippen LogP contribution in [0.3, 0.4) is 0 Å². The predicted octanol–water partition coefficient (Wildman–Crippen LogP) is 7.24. The highest BCUT2D eigenvalue weighted by atomic mass is 16.6. The van der Waals surface area contributed by atoms with Crippen LogP contribution in [0.15, 0.2) is 97.1 Å². The van der Waals surface area contributed by atoms with Crippen LogP contribution in [0.5, 0.6) is 11.8 Å². The van der Waals surface area contributed by atoms with E-state index in [9.17, 15) is 4.79 Å². The van der Waals surface area contributed by atoms with Crippen LogP contribution in [-0.4, -0.2) is 34.7 Å². The largest absolute Gasteiger partial charge is 0.473 e. The number of hydrogen-bond acceptors (Lipinski definition) is 5. The summed E-state index contributed by atoms with van der Waals surface area (Å²) in [6.45, 7) is 7.81. The summed E-state index contributed by atoms with van der Waals surface area (Å²) in [5, 5.41) is 0. The van der Waals surface area contributed by atoms with Crippen LogP contribution in [0.25, 0.3) is 11.1 Å². The van der Waals surface area contributed by atoms with Crippen LogP contribution in [0.4, 0.5) is 4.79 Å². The second-order valence-electron chi connectivity index (χ2n) is 10.8. The van der Waals surface area contributed by atoms with Crippen molar-refractivity contribution >= 4 is 6.09 Å². The van der Waals surface area contributed by atoms with Gasteiger partial charge >= 0.3 is 6.09 Å². The summed E-state index contributed by atoms with van der Waals surface area (Å²) in [5.74, 6) is 1.34. The summed E-state index contributed by atoms with van der Waals surface area (Å²) in [6.07, 6.45) is -0.253. The lowest BCUT2D eigenvalue weighted by molar-refractivity contribution is 0.00819. The summed E-state index contributed by atoms with van der Waals surface area (Å²) in [5.41, 5.74) is 4.75. The van der Waals surface area contributed by atoms with Crippen LogP contribution in [-0.2, 0) is 18.0 Å². The molecule has 0 atom stereocenters. The highest BCUT2D eigenvalue weighted by Crippen LogP contribution is 2.34. The summed E-state index contributed by atoms with van der Waals surface area (Å²) < 4.78 is 17.7. The van der Waals surface area contributed by atoms with E-state index in [1.165, 1.54) is 5.56 Å². The van der Waals surface area contributed by atoms with Crippen molar-refractivity contribution in [2.24, 2.45) is 0 Å². The number of aromatic nitrogens is 1. The number of rotatable bonds is 8. The zero-order valence-corrected chi connectivity index (χ0v) is 22.7. The van der Waals surface area contributed by atoms with E-state index in [4.69, 9.17) is 19.2 Å². The van der Waals surface area contributed by atoms with Crippen molar-refractivity contribution in [2.75, 3.05) is 13.1 Å². The van der Waals surface area contributed by atoms with Crippen LogP contribution >= 0.6 is 0 Å². The van der Waals surface area contributed by atoms with Crippen LogP contribution in [0.1, 0.15) is 43.4 Å². The molecule has 2 heterocycles. The van der Waals surface area contributed by atoms with E-state index in [0.717, 1.165) is 22.3 Å². The third-order valence-electron chi connectivity index (χ3n) is 6.51. The number of pyridine rings is 1. The highest BCUT2D eigenvalue weighted by Gasteiger charge is 2.34. The Morgan fingerprint density at radius 2 is 1.38 bits per heavy atom. The van der Waals surface area contributed by atoms with Crippen molar-refractivity contribution in [3.63, 3.8) is 0 Å². The Hall–Kier alpha value is -4.32. The number of likely N-dealkylation sites (tertiary alicyclic amines) is 1. The van der Waals surface area contributed by atoms with Crippen LogP contribution in [0, 0.1) is 0 Å². The van der Waals surface area contributed by atoms with Crippen molar-refractivity contribution < 1.29 is 19.0 Å². The lowest BCUT2D eigenvalue weighted by Crippen LogP contribution is -2.50. The lowest BCUT2D eigenvalue weighted by atomic mass is 9.90. The fraction of sp³-hybridized carbons (Fsp3) is 0.273. The third kappa shape index (κ3) is 6.96. The molecule has 0 bridgehead atoms. The average molecular weight is 523 g/mol. The van der Waals surface area contributed by atoms with Gasteiger partial charge in [0.1, 0.15) is 18.8 Å². The first-order valence-corrected chi connectivity index (χ1v) is 13.3. The smallest absolute Gasteiger partial charge is 0.410 e. The summed E-state index contributed by atoms with van der Waals surface area (Å²) in [4.78, 5) is 18.8. The summed E-state index contributed by atoms with van der Waals surface area (Å²) in [6, 6.07) is 32.3. The summed E-state index contributed by atoms with van der Waals surface area (Å²) >= 11 is 0. The van der Waals surface area contributed by atoms with E-state index in [2.05, 4.69) is 24.3 Å². The molecule has 0 unspecified atom stereocenters. The number of amides is 1. The maximum absolute atomic E-state index is 12.3. The van der Waals surface area contributed by atoms with Gasteiger partial charge in [-0.2, -0.15) is 4.98 Å². The second kappa shape index (κ2) is 11.6. The molecular formula is C33H34N2O4. The minimum absolute atomic E-state index is 0.253. The molecule has 6 heteroatoms. The van der Waals surface area contributed by atoms with E-state index in [1.807, 2.05) is 93.6 Å². The number of hydrogen-bond donors (Lipinski definition) is 0. The molecular weight excluding hydrogens is 488 g/mol. The Bertz CT molecular complexity index is 1380.